The summed E-state index contributed by atoms with van der Waals surface area (Å²) < 4.78 is 5.56. The van der Waals surface area contributed by atoms with Gasteiger partial charge in [0.05, 0.1) is 5.92 Å². The molecule has 0 aromatic heterocycles. The predicted octanol–water partition coefficient (Wildman–Crippen LogP) is 5.05. The monoisotopic (exact) mass is 340 g/mol. The highest BCUT2D eigenvalue weighted by atomic mass is 79.9. The molecule has 1 aromatic rings. The predicted molar refractivity (Wildman–Crippen MR) is 87.1 cm³/mol. The molecule has 0 amide bonds. The van der Waals surface area contributed by atoms with Crippen molar-refractivity contribution in [2.75, 3.05) is 0 Å². The van der Waals surface area contributed by atoms with E-state index >= 15 is 0 Å². The van der Waals surface area contributed by atoms with E-state index < -0.39 is 5.60 Å². The van der Waals surface area contributed by atoms with E-state index in [0.717, 1.165) is 17.3 Å². The summed E-state index contributed by atoms with van der Waals surface area (Å²) in [6.07, 6.45) is 0.808. The molecule has 0 bridgehead atoms. The van der Waals surface area contributed by atoms with Crippen molar-refractivity contribution >= 4 is 21.9 Å². The van der Waals surface area contributed by atoms with Gasteiger partial charge in [-0.15, -0.1) is 0 Å². The Bertz CT molecular complexity index is 429. The summed E-state index contributed by atoms with van der Waals surface area (Å²) in [4.78, 5) is 12.4. The van der Waals surface area contributed by atoms with Gasteiger partial charge >= 0.3 is 5.97 Å². The number of ether oxygens (including phenoxy) is 1. The summed E-state index contributed by atoms with van der Waals surface area (Å²) in [5.41, 5.74) is 1.81. The van der Waals surface area contributed by atoms with Crippen molar-refractivity contribution in [1.82, 2.24) is 0 Å². The van der Waals surface area contributed by atoms with E-state index in [-0.39, 0.29) is 11.9 Å². The Kier molecular flexibility index (Phi) is 6.25. The first-order valence-corrected chi connectivity index (χ1v) is 8.22. The Morgan fingerprint density at radius 3 is 2.15 bits per heavy atom. The van der Waals surface area contributed by atoms with Crippen molar-refractivity contribution < 1.29 is 9.53 Å². The highest BCUT2D eigenvalue weighted by Gasteiger charge is 2.27. The van der Waals surface area contributed by atoms with Crippen molar-refractivity contribution in [3.63, 3.8) is 0 Å². The molecule has 0 saturated carbocycles. The maximum atomic E-state index is 12.4. The first-order chi connectivity index (χ1) is 9.23. The lowest BCUT2D eigenvalue weighted by Crippen LogP contribution is -2.28. The second-order valence-corrected chi connectivity index (χ2v) is 7.15. The van der Waals surface area contributed by atoms with Gasteiger partial charge < -0.3 is 4.74 Å². The Morgan fingerprint density at radius 1 is 1.20 bits per heavy atom. The van der Waals surface area contributed by atoms with Gasteiger partial charge in [-0.05, 0) is 44.2 Å². The number of carbonyl (C=O) groups is 1. The minimum Gasteiger partial charge on any atom is -0.459 e. The molecule has 1 rings (SSSR count). The molecular weight excluding hydrogens is 316 g/mol. The number of benzene rings is 1. The number of hydrogen-bond acceptors (Lipinski definition) is 2. The van der Waals surface area contributed by atoms with Crippen LogP contribution in [0, 0.1) is 5.92 Å². The Morgan fingerprint density at radius 2 is 1.75 bits per heavy atom. The number of rotatable bonds is 5. The molecule has 2 nitrogen and oxygen atoms in total. The number of carbonyl (C=O) groups excluding carboxylic acids is 1. The van der Waals surface area contributed by atoms with E-state index in [1.54, 1.807) is 0 Å². The van der Waals surface area contributed by atoms with Crippen LogP contribution in [0.4, 0.5) is 0 Å². The zero-order valence-electron chi connectivity index (χ0n) is 13.1. The lowest BCUT2D eigenvalue weighted by molar-refractivity contribution is -0.157. The van der Waals surface area contributed by atoms with Crippen LogP contribution in [0.5, 0.6) is 0 Å². The van der Waals surface area contributed by atoms with E-state index in [1.807, 2.05) is 32.9 Å². The van der Waals surface area contributed by atoms with E-state index in [1.165, 1.54) is 5.56 Å². The summed E-state index contributed by atoms with van der Waals surface area (Å²) in [5, 5.41) is 0.828. The zero-order valence-corrected chi connectivity index (χ0v) is 14.7. The molecule has 0 aliphatic carbocycles. The molecule has 1 atom stereocenters. The largest absolute Gasteiger partial charge is 0.459 e. The molecule has 3 heteroatoms. The van der Waals surface area contributed by atoms with Gasteiger partial charge in [-0.2, -0.15) is 0 Å². The molecular formula is C17H25BrO2. The molecule has 0 fully saturated rings. The molecule has 0 aliphatic heterocycles. The van der Waals surface area contributed by atoms with Crippen molar-refractivity contribution in [2.45, 2.75) is 57.9 Å². The van der Waals surface area contributed by atoms with E-state index in [9.17, 15) is 4.79 Å². The fourth-order valence-electron chi connectivity index (χ4n) is 2.05. The SMILES string of the molecule is CC(C)CC(C(=O)OC(C)(C)C)c1ccc(CBr)cc1. The van der Waals surface area contributed by atoms with Crippen LogP contribution in [0.1, 0.15) is 58.1 Å². The van der Waals surface area contributed by atoms with Crippen LogP contribution in [0.2, 0.25) is 0 Å². The Hall–Kier alpha value is -0.830. The summed E-state index contributed by atoms with van der Waals surface area (Å²) in [6.45, 7) is 9.98. The highest BCUT2D eigenvalue weighted by molar-refractivity contribution is 9.08. The van der Waals surface area contributed by atoms with E-state index in [2.05, 4.69) is 41.9 Å². The van der Waals surface area contributed by atoms with Crippen molar-refractivity contribution in [3.05, 3.63) is 35.4 Å². The Labute approximate surface area is 131 Å². The van der Waals surface area contributed by atoms with Gasteiger partial charge in [0.1, 0.15) is 5.60 Å². The minimum atomic E-state index is -0.442. The first-order valence-electron chi connectivity index (χ1n) is 7.10. The molecule has 1 unspecified atom stereocenters. The maximum absolute atomic E-state index is 12.4. The van der Waals surface area contributed by atoms with Gasteiger partial charge in [0.15, 0.2) is 0 Å². The smallest absolute Gasteiger partial charge is 0.313 e. The second kappa shape index (κ2) is 7.26. The standard InChI is InChI=1S/C17H25BrO2/c1-12(2)10-15(16(19)20-17(3,4)5)14-8-6-13(11-18)7-9-14/h6-9,12,15H,10-11H2,1-5H3. The lowest BCUT2D eigenvalue weighted by atomic mass is 9.90. The van der Waals surface area contributed by atoms with Crippen LogP contribution in [0.15, 0.2) is 24.3 Å². The zero-order chi connectivity index (χ0) is 15.3. The summed E-state index contributed by atoms with van der Waals surface area (Å²) in [7, 11) is 0. The molecule has 1 aromatic carbocycles. The average molecular weight is 341 g/mol. The fraction of sp³-hybridized carbons (Fsp3) is 0.588. The van der Waals surface area contributed by atoms with Crippen LogP contribution in [0.3, 0.4) is 0 Å². The van der Waals surface area contributed by atoms with Gasteiger partial charge in [-0.1, -0.05) is 54.0 Å². The average Bonchev–Trinajstić information content (AvgIpc) is 2.34. The lowest BCUT2D eigenvalue weighted by Gasteiger charge is -2.25. The van der Waals surface area contributed by atoms with Gasteiger partial charge in [0.2, 0.25) is 0 Å². The minimum absolute atomic E-state index is 0.127. The number of esters is 1. The van der Waals surface area contributed by atoms with Gasteiger partial charge in [0.25, 0.3) is 0 Å². The summed E-state index contributed by atoms with van der Waals surface area (Å²) in [5.74, 6) is 0.139. The molecule has 20 heavy (non-hydrogen) atoms. The van der Waals surface area contributed by atoms with Gasteiger partial charge in [0, 0.05) is 5.33 Å². The summed E-state index contributed by atoms with van der Waals surface area (Å²) >= 11 is 3.44. The van der Waals surface area contributed by atoms with Crippen LogP contribution in [-0.4, -0.2) is 11.6 Å². The quantitative estimate of drug-likeness (QED) is 0.553. The number of halogens is 1. The number of hydrogen-bond donors (Lipinski definition) is 0. The third kappa shape index (κ3) is 5.66. The van der Waals surface area contributed by atoms with Crippen LogP contribution in [0.25, 0.3) is 0 Å². The van der Waals surface area contributed by atoms with Crippen LogP contribution >= 0.6 is 15.9 Å². The molecule has 0 radical (unpaired) electrons. The fourth-order valence-corrected chi connectivity index (χ4v) is 2.43. The van der Waals surface area contributed by atoms with Crippen molar-refractivity contribution in [3.8, 4) is 0 Å². The molecule has 112 valence electrons. The number of alkyl halides is 1. The van der Waals surface area contributed by atoms with E-state index in [4.69, 9.17) is 4.74 Å². The first kappa shape index (κ1) is 17.2. The van der Waals surface area contributed by atoms with Crippen LogP contribution < -0.4 is 0 Å². The molecule has 0 spiro atoms. The summed E-state index contributed by atoms with van der Waals surface area (Å²) in [6, 6.07) is 8.19. The Balaban J connectivity index is 2.95. The molecule has 0 saturated heterocycles. The molecule has 0 N–H and O–H groups in total. The van der Waals surface area contributed by atoms with Gasteiger partial charge in [-0.25, -0.2) is 0 Å². The molecule has 0 aliphatic rings. The second-order valence-electron chi connectivity index (χ2n) is 6.59. The third-order valence-electron chi connectivity index (χ3n) is 2.93. The molecule has 0 heterocycles. The topological polar surface area (TPSA) is 26.3 Å². The van der Waals surface area contributed by atoms with Crippen molar-refractivity contribution in [2.24, 2.45) is 5.92 Å². The normalized spacial score (nSPS) is 13.3. The highest BCUT2D eigenvalue weighted by Crippen LogP contribution is 2.27. The van der Waals surface area contributed by atoms with E-state index in [0.29, 0.717) is 5.92 Å². The van der Waals surface area contributed by atoms with Crippen molar-refractivity contribution in [1.29, 1.82) is 0 Å². The van der Waals surface area contributed by atoms with Gasteiger partial charge in [-0.3, -0.25) is 4.79 Å². The third-order valence-corrected chi connectivity index (χ3v) is 3.58. The maximum Gasteiger partial charge on any atom is 0.313 e. The van der Waals surface area contributed by atoms with Crippen LogP contribution in [-0.2, 0) is 14.9 Å².